The van der Waals surface area contributed by atoms with Crippen LogP contribution in [0, 0.1) is 5.92 Å². The van der Waals surface area contributed by atoms with Gasteiger partial charge in [-0.05, 0) is 25.2 Å². The van der Waals surface area contributed by atoms with Crippen LogP contribution in [0.25, 0.3) is 0 Å². The Morgan fingerprint density at radius 2 is 2.20 bits per heavy atom. The van der Waals surface area contributed by atoms with Crippen LogP contribution in [0.15, 0.2) is 0 Å². The Morgan fingerprint density at radius 3 is 2.67 bits per heavy atom. The topological polar surface area (TPSA) is 46.5 Å². The van der Waals surface area contributed by atoms with E-state index in [0.29, 0.717) is 12.1 Å². The van der Waals surface area contributed by atoms with Gasteiger partial charge in [-0.2, -0.15) is 0 Å². The summed E-state index contributed by atoms with van der Waals surface area (Å²) in [5.74, 6) is 0.653. The Bertz CT molecular complexity index is 238. The maximum Gasteiger partial charge on any atom is 0.206 e. The Labute approximate surface area is 92.7 Å². The van der Waals surface area contributed by atoms with Crippen LogP contribution in [-0.2, 0) is 9.09 Å². The lowest BCUT2D eigenvalue weighted by atomic mass is 10.0. The first-order valence-electron chi connectivity index (χ1n) is 5.89. The molecule has 1 N–H and O–H groups in total. The van der Waals surface area contributed by atoms with E-state index in [1.807, 2.05) is 13.8 Å². The van der Waals surface area contributed by atoms with E-state index in [-0.39, 0.29) is 18.4 Å². The van der Waals surface area contributed by atoms with Crippen molar-refractivity contribution in [2.75, 3.05) is 12.8 Å². The molecule has 3 unspecified atom stereocenters. The second-order valence-electron chi connectivity index (χ2n) is 4.75. The normalized spacial score (nSPS) is 38.9. The van der Waals surface area contributed by atoms with E-state index in [4.69, 9.17) is 9.63 Å². The third-order valence-corrected chi connectivity index (χ3v) is 6.43. The molecule has 0 saturated carbocycles. The van der Waals surface area contributed by atoms with Gasteiger partial charge < -0.3 is 9.63 Å². The van der Waals surface area contributed by atoms with Crippen molar-refractivity contribution in [2.45, 2.75) is 51.8 Å². The predicted octanol–water partition coefficient (Wildman–Crippen LogP) is 2.87. The van der Waals surface area contributed by atoms with Crippen LogP contribution in [-0.4, -0.2) is 29.6 Å². The SMILES string of the molecule is CCC(CO)OP1(=O)CCC(C)C[C@H]1C. The monoisotopic (exact) mass is 234 g/mol. The molecule has 0 amide bonds. The number of aliphatic hydroxyl groups is 1. The Balaban J connectivity index is 2.61. The fraction of sp³-hybridized carbons (Fsp3) is 1.00. The number of rotatable bonds is 4. The standard InChI is InChI=1S/C11H23O3P/c1-4-11(8-12)14-15(13)6-5-9(2)7-10(15)3/h9-12H,4-8H2,1-3H3/t9?,10-,11?,15?/m1/s1. The van der Waals surface area contributed by atoms with Crippen LogP contribution in [0.4, 0.5) is 0 Å². The van der Waals surface area contributed by atoms with Crippen molar-refractivity contribution in [3.8, 4) is 0 Å². The summed E-state index contributed by atoms with van der Waals surface area (Å²) in [6, 6.07) is 0. The van der Waals surface area contributed by atoms with Gasteiger partial charge in [0.2, 0.25) is 7.37 Å². The highest BCUT2D eigenvalue weighted by molar-refractivity contribution is 7.59. The van der Waals surface area contributed by atoms with Gasteiger partial charge in [-0.3, -0.25) is 4.57 Å². The minimum Gasteiger partial charge on any atom is -0.394 e. The lowest BCUT2D eigenvalue weighted by molar-refractivity contribution is 0.111. The fourth-order valence-corrected chi connectivity index (χ4v) is 5.08. The molecular weight excluding hydrogens is 211 g/mol. The fourth-order valence-electron chi connectivity index (χ4n) is 2.13. The van der Waals surface area contributed by atoms with Crippen molar-refractivity contribution in [1.29, 1.82) is 0 Å². The zero-order valence-electron chi connectivity index (χ0n) is 9.98. The minimum atomic E-state index is -2.49. The quantitative estimate of drug-likeness (QED) is 0.761. The molecule has 1 rings (SSSR count). The van der Waals surface area contributed by atoms with E-state index in [2.05, 4.69) is 6.92 Å². The van der Waals surface area contributed by atoms with Gasteiger partial charge >= 0.3 is 0 Å². The third kappa shape index (κ3) is 3.30. The molecule has 90 valence electrons. The average molecular weight is 234 g/mol. The summed E-state index contributed by atoms with van der Waals surface area (Å²) >= 11 is 0. The first-order valence-corrected chi connectivity index (χ1v) is 7.77. The maximum atomic E-state index is 12.5. The molecule has 1 fully saturated rings. The molecule has 1 saturated heterocycles. The number of hydrogen-bond acceptors (Lipinski definition) is 3. The largest absolute Gasteiger partial charge is 0.394 e. The second-order valence-corrected chi connectivity index (χ2v) is 7.74. The van der Waals surface area contributed by atoms with Crippen LogP contribution in [0.3, 0.4) is 0 Å². The van der Waals surface area contributed by atoms with Crippen molar-refractivity contribution in [3.05, 3.63) is 0 Å². The van der Waals surface area contributed by atoms with Gasteiger partial charge in [0.25, 0.3) is 0 Å². The zero-order chi connectivity index (χ0) is 11.5. The lowest BCUT2D eigenvalue weighted by Gasteiger charge is -2.34. The molecule has 3 nitrogen and oxygen atoms in total. The van der Waals surface area contributed by atoms with Crippen molar-refractivity contribution in [1.82, 2.24) is 0 Å². The van der Waals surface area contributed by atoms with Gasteiger partial charge in [0.1, 0.15) is 0 Å². The molecule has 1 aliphatic rings. The van der Waals surface area contributed by atoms with Crippen LogP contribution in [0.2, 0.25) is 0 Å². The van der Waals surface area contributed by atoms with E-state index in [1.165, 1.54) is 0 Å². The summed E-state index contributed by atoms with van der Waals surface area (Å²) in [6.07, 6.45) is 3.14. The summed E-state index contributed by atoms with van der Waals surface area (Å²) in [7, 11) is -2.49. The Morgan fingerprint density at radius 1 is 1.53 bits per heavy atom. The molecule has 15 heavy (non-hydrogen) atoms. The third-order valence-electron chi connectivity index (χ3n) is 3.34. The van der Waals surface area contributed by atoms with E-state index < -0.39 is 7.37 Å². The smallest absolute Gasteiger partial charge is 0.206 e. The summed E-state index contributed by atoms with van der Waals surface area (Å²) in [4.78, 5) is 0. The molecule has 0 aromatic rings. The van der Waals surface area contributed by atoms with Crippen molar-refractivity contribution < 1.29 is 14.2 Å². The summed E-state index contributed by atoms with van der Waals surface area (Å²) in [6.45, 7) is 6.14. The second kappa shape index (κ2) is 5.47. The van der Waals surface area contributed by atoms with Gasteiger partial charge in [0.15, 0.2) is 0 Å². The van der Waals surface area contributed by atoms with E-state index in [0.717, 1.165) is 19.3 Å². The van der Waals surface area contributed by atoms with Crippen LogP contribution < -0.4 is 0 Å². The molecule has 0 spiro atoms. The molecule has 4 atom stereocenters. The molecule has 0 aliphatic carbocycles. The number of hydrogen-bond donors (Lipinski definition) is 1. The zero-order valence-corrected chi connectivity index (χ0v) is 10.9. The highest BCUT2D eigenvalue weighted by Gasteiger charge is 2.37. The van der Waals surface area contributed by atoms with Gasteiger partial charge in [0, 0.05) is 11.8 Å². The molecule has 0 aromatic carbocycles. The predicted molar refractivity (Wildman–Crippen MR) is 62.6 cm³/mol. The van der Waals surface area contributed by atoms with Gasteiger partial charge in [-0.1, -0.05) is 20.8 Å². The maximum absolute atomic E-state index is 12.5. The summed E-state index contributed by atoms with van der Waals surface area (Å²) < 4.78 is 18.1. The van der Waals surface area contributed by atoms with Crippen LogP contribution in [0.1, 0.15) is 40.0 Å². The van der Waals surface area contributed by atoms with Crippen molar-refractivity contribution >= 4 is 7.37 Å². The molecule has 4 heteroatoms. The molecule has 1 aliphatic heterocycles. The summed E-state index contributed by atoms with van der Waals surface area (Å²) in [5, 5.41) is 9.06. The summed E-state index contributed by atoms with van der Waals surface area (Å²) in [5.41, 5.74) is 0.154. The number of aliphatic hydroxyl groups excluding tert-OH is 1. The average Bonchev–Trinajstić information content (AvgIpc) is 2.21. The molecule has 1 heterocycles. The van der Waals surface area contributed by atoms with E-state index in [1.54, 1.807) is 0 Å². The van der Waals surface area contributed by atoms with Crippen LogP contribution >= 0.6 is 7.37 Å². The molecule has 0 radical (unpaired) electrons. The van der Waals surface area contributed by atoms with Crippen molar-refractivity contribution in [2.24, 2.45) is 5.92 Å². The van der Waals surface area contributed by atoms with Crippen molar-refractivity contribution in [3.63, 3.8) is 0 Å². The minimum absolute atomic E-state index is 0.0250. The molecular formula is C11H23O3P. The van der Waals surface area contributed by atoms with E-state index >= 15 is 0 Å². The first-order chi connectivity index (χ1) is 7.01. The molecule has 0 bridgehead atoms. The van der Waals surface area contributed by atoms with Gasteiger partial charge in [-0.25, -0.2) is 0 Å². The molecule has 0 aromatic heterocycles. The first kappa shape index (κ1) is 13.2. The van der Waals surface area contributed by atoms with Gasteiger partial charge in [0.05, 0.1) is 12.7 Å². The highest BCUT2D eigenvalue weighted by atomic mass is 31.2. The van der Waals surface area contributed by atoms with Crippen LogP contribution in [0.5, 0.6) is 0 Å². The van der Waals surface area contributed by atoms with Gasteiger partial charge in [-0.15, -0.1) is 0 Å². The van der Waals surface area contributed by atoms with E-state index in [9.17, 15) is 4.57 Å². The Hall–Kier alpha value is 0.150. The lowest BCUT2D eigenvalue weighted by Crippen LogP contribution is -2.25. The Kier molecular flexibility index (Phi) is 4.82. The highest BCUT2D eigenvalue weighted by Crippen LogP contribution is 2.58.